The average molecular weight is 275 g/mol. The van der Waals surface area contributed by atoms with Crippen molar-refractivity contribution in [2.24, 2.45) is 0 Å². The minimum atomic E-state index is -1.46. The van der Waals surface area contributed by atoms with Gasteiger partial charge in [-0.25, -0.2) is 19.2 Å². The summed E-state index contributed by atoms with van der Waals surface area (Å²) in [6, 6.07) is 4.19. The molecule has 102 valence electrons. The molecule has 1 heterocycles. The minimum Gasteiger partial charge on any atom is -0.478 e. The summed E-state index contributed by atoms with van der Waals surface area (Å²) >= 11 is 0. The quantitative estimate of drug-likeness (QED) is 0.893. The zero-order valence-corrected chi connectivity index (χ0v) is 10.4. The molecule has 2 rings (SSSR count). The summed E-state index contributed by atoms with van der Waals surface area (Å²) in [6.45, 7) is 1.20. The molecular weight excluding hydrogens is 265 g/mol. The highest BCUT2D eigenvalue weighted by atomic mass is 19.1. The number of carbonyl (C=O) groups excluding carboxylic acids is 1. The molecule has 0 saturated heterocycles. The summed E-state index contributed by atoms with van der Waals surface area (Å²) in [4.78, 5) is 30.0. The van der Waals surface area contributed by atoms with Gasteiger partial charge in [-0.1, -0.05) is 0 Å². The molecule has 0 spiro atoms. The number of aromatic nitrogens is 2. The van der Waals surface area contributed by atoms with Gasteiger partial charge in [-0.2, -0.15) is 0 Å². The number of carbonyl (C=O) groups is 2. The number of rotatable bonds is 3. The van der Waals surface area contributed by atoms with Gasteiger partial charge in [0, 0.05) is 24.9 Å². The Hall–Kier alpha value is -2.83. The second kappa shape index (κ2) is 5.43. The maximum atomic E-state index is 14.2. The summed E-state index contributed by atoms with van der Waals surface area (Å²) < 4.78 is 14.2. The van der Waals surface area contributed by atoms with Gasteiger partial charge < -0.3 is 10.4 Å². The maximum absolute atomic E-state index is 14.2. The van der Waals surface area contributed by atoms with E-state index in [1.165, 1.54) is 31.5 Å². The monoisotopic (exact) mass is 275 g/mol. The number of nitrogens with zero attached hydrogens (tertiary/aromatic N) is 2. The predicted molar refractivity (Wildman–Crippen MR) is 68.7 cm³/mol. The molecule has 0 unspecified atom stereocenters. The molecule has 0 aliphatic rings. The van der Waals surface area contributed by atoms with E-state index in [-0.39, 0.29) is 17.1 Å². The van der Waals surface area contributed by atoms with Gasteiger partial charge in [0.05, 0.1) is 5.69 Å². The first-order valence-electron chi connectivity index (χ1n) is 5.61. The lowest BCUT2D eigenvalue weighted by Gasteiger charge is -2.10. The summed E-state index contributed by atoms with van der Waals surface area (Å²) in [5, 5.41) is 11.4. The molecule has 2 N–H and O–H groups in total. The van der Waals surface area contributed by atoms with Crippen LogP contribution in [0.3, 0.4) is 0 Å². The lowest BCUT2D eigenvalue weighted by atomic mass is 10.0. The summed E-state index contributed by atoms with van der Waals surface area (Å²) in [7, 11) is 0. The number of carboxylic acid groups (broad SMARTS) is 1. The first-order valence-corrected chi connectivity index (χ1v) is 5.61. The molecule has 0 fully saturated rings. The molecule has 0 aliphatic carbocycles. The van der Waals surface area contributed by atoms with E-state index >= 15 is 0 Å². The van der Waals surface area contributed by atoms with Crippen LogP contribution >= 0.6 is 0 Å². The first-order chi connectivity index (χ1) is 9.50. The number of halogens is 1. The van der Waals surface area contributed by atoms with E-state index in [0.29, 0.717) is 0 Å². The van der Waals surface area contributed by atoms with Crippen molar-refractivity contribution in [3.8, 4) is 11.4 Å². The van der Waals surface area contributed by atoms with Crippen LogP contribution in [0.25, 0.3) is 11.4 Å². The molecule has 7 heteroatoms. The van der Waals surface area contributed by atoms with Crippen LogP contribution in [-0.4, -0.2) is 27.0 Å². The molecule has 20 heavy (non-hydrogen) atoms. The topological polar surface area (TPSA) is 92.2 Å². The molecule has 1 amide bonds. The van der Waals surface area contributed by atoms with E-state index in [1.54, 1.807) is 6.07 Å². The van der Waals surface area contributed by atoms with E-state index in [4.69, 9.17) is 5.11 Å². The number of carboxylic acids is 1. The Bertz CT molecular complexity index is 674. The summed E-state index contributed by atoms with van der Waals surface area (Å²) in [6.07, 6.45) is 2.85. The van der Waals surface area contributed by atoms with Crippen molar-refractivity contribution >= 4 is 17.6 Å². The zero-order chi connectivity index (χ0) is 14.7. The second-order valence-electron chi connectivity index (χ2n) is 3.91. The molecule has 0 atom stereocenters. The fourth-order valence-corrected chi connectivity index (χ4v) is 1.70. The van der Waals surface area contributed by atoms with Crippen molar-refractivity contribution in [3.05, 3.63) is 42.0 Å². The van der Waals surface area contributed by atoms with Gasteiger partial charge in [0.25, 0.3) is 0 Å². The molecule has 0 saturated carbocycles. The van der Waals surface area contributed by atoms with Crippen LogP contribution in [0.5, 0.6) is 0 Å². The van der Waals surface area contributed by atoms with Crippen LogP contribution in [-0.2, 0) is 4.79 Å². The number of hydrogen-bond acceptors (Lipinski definition) is 4. The fraction of sp³-hybridized carbons (Fsp3) is 0.0769. The van der Waals surface area contributed by atoms with Gasteiger partial charge >= 0.3 is 5.97 Å². The lowest BCUT2D eigenvalue weighted by Crippen LogP contribution is -2.12. The Kier molecular flexibility index (Phi) is 3.69. The van der Waals surface area contributed by atoms with E-state index in [0.717, 1.165) is 0 Å². The summed E-state index contributed by atoms with van der Waals surface area (Å²) in [5.41, 5.74) is -0.735. The third kappa shape index (κ3) is 2.61. The maximum Gasteiger partial charge on any atom is 0.339 e. The standard InChI is InChI=1S/C13H10FN3O3/c1-7(18)17-9-4-3-8(10(11(9)14)13(19)20)12-15-5-2-6-16-12/h2-6H,1H3,(H,17,18)(H,19,20). The van der Waals surface area contributed by atoms with E-state index < -0.39 is 23.3 Å². The van der Waals surface area contributed by atoms with Crippen LogP contribution in [0, 0.1) is 5.82 Å². The van der Waals surface area contributed by atoms with E-state index in [2.05, 4.69) is 15.3 Å². The number of aromatic carboxylic acids is 1. The normalized spacial score (nSPS) is 10.1. The Balaban J connectivity index is 2.63. The molecular formula is C13H10FN3O3. The number of anilines is 1. The fourth-order valence-electron chi connectivity index (χ4n) is 1.70. The van der Waals surface area contributed by atoms with Gasteiger partial charge in [0.2, 0.25) is 5.91 Å². The smallest absolute Gasteiger partial charge is 0.339 e. The molecule has 0 aliphatic heterocycles. The largest absolute Gasteiger partial charge is 0.478 e. The van der Waals surface area contributed by atoms with Crippen LogP contribution in [0.1, 0.15) is 17.3 Å². The number of benzene rings is 1. The van der Waals surface area contributed by atoms with Crippen LogP contribution in [0.4, 0.5) is 10.1 Å². The third-order valence-corrected chi connectivity index (χ3v) is 2.47. The van der Waals surface area contributed by atoms with Crippen molar-refractivity contribution < 1.29 is 19.1 Å². The Morgan fingerprint density at radius 1 is 1.25 bits per heavy atom. The Labute approximate surface area is 113 Å². The molecule has 0 radical (unpaired) electrons. The van der Waals surface area contributed by atoms with E-state index in [9.17, 15) is 14.0 Å². The Morgan fingerprint density at radius 3 is 2.45 bits per heavy atom. The lowest BCUT2D eigenvalue weighted by molar-refractivity contribution is -0.114. The van der Waals surface area contributed by atoms with Gasteiger partial charge in [0.15, 0.2) is 11.6 Å². The molecule has 1 aromatic heterocycles. The van der Waals surface area contributed by atoms with Crippen molar-refractivity contribution in [2.45, 2.75) is 6.92 Å². The van der Waals surface area contributed by atoms with Crippen molar-refractivity contribution in [2.75, 3.05) is 5.32 Å². The van der Waals surface area contributed by atoms with Crippen LogP contribution < -0.4 is 5.32 Å². The summed E-state index contributed by atoms with van der Waals surface area (Å²) in [5.74, 6) is -2.89. The highest BCUT2D eigenvalue weighted by Gasteiger charge is 2.22. The zero-order valence-electron chi connectivity index (χ0n) is 10.4. The predicted octanol–water partition coefficient (Wildman–Crippen LogP) is 1.94. The number of nitrogens with one attached hydrogen (secondary N) is 1. The molecule has 1 aromatic carbocycles. The second-order valence-corrected chi connectivity index (χ2v) is 3.91. The number of amides is 1. The van der Waals surface area contributed by atoms with Gasteiger partial charge in [0.1, 0.15) is 5.56 Å². The van der Waals surface area contributed by atoms with E-state index in [1.807, 2.05) is 0 Å². The van der Waals surface area contributed by atoms with Crippen molar-refractivity contribution in [3.63, 3.8) is 0 Å². The van der Waals surface area contributed by atoms with Crippen molar-refractivity contribution in [1.82, 2.24) is 9.97 Å². The van der Waals surface area contributed by atoms with Crippen LogP contribution in [0.2, 0.25) is 0 Å². The highest BCUT2D eigenvalue weighted by molar-refractivity contribution is 5.98. The average Bonchev–Trinajstić information content (AvgIpc) is 2.41. The van der Waals surface area contributed by atoms with Gasteiger partial charge in [-0.05, 0) is 18.2 Å². The van der Waals surface area contributed by atoms with Crippen molar-refractivity contribution in [1.29, 1.82) is 0 Å². The first kappa shape index (κ1) is 13.6. The Morgan fingerprint density at radius 2 is 1.90 bits per heavy atom. The minimum absolute atomic E-state index is 0.0460. The molecule has 6 nitrogen and oxygen atoms in total. The SMILES string of the molecule is CC(=O)Nc1ccc(-c2ncccn2)c(C(=O)O)c1F. The molecule has 0 bridgehead atoms. The van der Waals surface area contributed by atoms with Gasteiger partial charge in [-0.15, -0.1) is 0 Å². The highest BCUT2D eigenvalue weighted by Crippen LogP contribution is 2.27. The van der Waals surface area contributed by atoms with Crippen LogP contribution in [0.15, 0.2) is 30.6 Å². The van der Waals surface area contributed by atoms with Gasteiger partial charge in [-0.3, -0.25) is 4.79 Å². The molecule has 2 aromatic rings. The third-order valence-electron chi connectivity index (χ3n) is 2.47. The number of hydrogen-bond donors (Lipinski definition) is 2.